The van der Waals surface area contributed by atoms with E-state index in [1.54, 1.807) is 36.4 Å². The number of halogens is 5. The summed E-state index contributed by atoms with van der Waals surface area (Å²) < 4.78 is 46.4. The van der Waals surface area contributed by atoms with Crippen LogP contribution in [0.5, 0.6) is 11.5 Å². The molecule has 4 aromatic rings. The topological polar surface area (TPSA) is 76.2 Å². The van der Waals surface area contributed by atoms with Gasteiger partial charge in [-0.05, 0) is 54.1 Å². The first-order chi connectivity index (χ1) is 15.7. The number of nitrogens with one attached hydrogen (secondary N) is 2. The molecule has 0 aliphatic rings. The summed E-state index contributed by atoms with van der Waals surface area (Å²) in [5.41, 5.74) is 1.60. The molecule has 1 aromatic heterocycles. The number of H-pyrrole nitrogens is 1. The van der Waals surface area contributed by atoms with Crippen molar-refractivity contribution in [1.82, 2.24) is 10.2 Å². The van der Waals surface area contributed by atoms with Crippen LogP contribution in [0.3, 0.4) is 0 Å². The van der Waals surface area contributed by atoms with Gasteiger partial charge in [0.25, 0.3) is 5.91 Å². The van der Waals surface area contributed by atoms with Gasteiger partial charge in [0.2, 0.25) is 0 Å². The van der Waals surface area contributed by atoms with Gasteiger partial charge in [-0.2, -0.15) is 5.10 Å². The number of hydrogen-bond donors (Lipinski definition) is 2. The number of nitrogens with zero attached hydrogens (tertiary/aromatic N) is 1. The van der Waals surface area contributed by atoms with Crippen LogP contribution in [0.2, 0.25) is 10.0 Å². The Kier molecular flexibility index (Phi) is 6.35. The van der Waals surface area contributed by atoms with E-state index in [2.05, 4.69) is 20.3 Å². The Labute approximate surface area is 195 Å². The average molecular weight is 496 g/mol. The van der Waals surface area contributed by atoms with E-state index in [1.807, 2.05) is 0 Å². The number of aromatic nitrogens is 2. The van der Waals surface area contributed by atoms with Crippen LogP contribution in [0.25, 0.3) is 10.9 Å². The fourth-order valence-electron chi connectivity index (χ4n) is 2.97. The van der Waals surface area contributed by atoms with Crippen molar-refractivity contribution in [1.29, 1.82) is 0 Å². The van der Waals surface area contributed by atoms with Crippen molar-refractivity contribution < 1.29 is 27.4 Å². The van der Waals surface area contributed by atoms with E-state index < -0.39 is 18.0 Å². The van der Waals surface area contributed by atoms with Crippen molar-refractivity contribution in [2.75, 3.05) is 5.32 Å². The number of aromatic amines is 1. The molecule has 0 spiro atoms. The molecular formula is C22H14Cl2F3N3O3. The Hall–Kier alpha value is -3.43. The lowest BCUT2D eigenvalue weighted by atomic mass is 10.2. The first-order valence-corrected chi connectivity index (χ1v) is 10.2. The van der Waals surface area contributed by atoms with E-state index >= 15 is 0 Å². The van der Waals surface area contributed by atoms with E-state index in [1.165, 1.54) is 12.1 Å². The van der Waals surface area contributed by atoms with E-state index in [9.17, 15) is 18.0 Å². The van der Waals surface area contributed by atoms with Crippen molar-refractivity contribution in [2.45, 2.75) is 13.0 Å². The Bertz CT molecular complexity index is 1310. The Balaban J connectivity index is 1.42. The summed E-state index contributed by atoms with van der Waals surface area (Å²) in [5.74, 6) is -0.128. The van der Waals surface area contributed by atoms with Gasteiger partial charge in [-0.25, -0.2) is 0 Å². The van der Waals surface area contributed by atoms with Gasteiger partial charge in [0.15, 0.2) is 5.82 Å². The van der Waals surface area contributed by atoms with Crippen molar-refractivity contribution in [3.8, 4) is 11.5 Å². The Morgan fingerprint density at radius 1 is 0.970 bits per heavy atom. The highest BCUT2D eigenvalue weighted by atomic mass is 35.5. The summed E-state index contributed by atoms with van der Waals surface area (Å²) >= 11 is 11.9. The largest absolute Gasteiger partial charge is 0.573 e. The number of anilines is 1. The fourth-order valence-corrected chi connectivity index (χ4v) is 3.29. The summed E-state index contributed by atoms with van der Waals surface area (Å²) in [4.78, 5) is 12.5. The van der Waals surface area contributed by atoms with Crippen LogP contribution < -0.4 is 14.8 Å². The van der Waals surface area contributed by atoms with Gasteiger partial charge in [-0.3, -0.25) is 9.89 Å². The maximum Gasteiger partial charge on any atom is 0.573 e. The molecule has 33 heavy (non-hydrogen) atoms. The highest BCUT2D eigenvalue weighted by Crippen LogP contribution is 2.28. The highest BCUT2D eigenvalue weighted by Gasteiger charge is 2.31. The molecule has 1 heterocycles. The number of ether oxygens (including phenoxy) is 2. The predicted molar refractivity (Wildman–Crippen MR) is 118 cm³/mol. The van der Waals surface area contributed by atoms with Gasteiger partial charge >= 0.3 is 6.36 Å². The standard InChI is InChI=1S/C22H14Cl2F3N3O3/c23-17-8-1-12(9-18(17)24)11-32-15-6-7-16-19(10-15)29-30-20(16)28-21(31)13-2-4-14(5-3-13)33-22(25,26)27/h1-10H,11H2,(H2,28,29,30,31). The Morgan fingerprint density at radius 2 is 1.70 bits per heavy atom. The minimum atomic E-state index is -4.80. The van der Waals surface area contributed by atoms with Crippen LogP contribution in [0.15, 0.2) is 60.7 Å². The number of alkyl halides is 3. The molecule has 0 aliphatic carbocycles. The smallest absolute Gasteiger partial charge is 0.489 e. The lowest BCUT2D eigenvalue weighted by Crippen LogP contribution is -2.17. The maximum atomic E-state index is 12.5. The summed E-state index contributed by atoms with van der Waals surface area (Å²) in [6.07, 6.45) is -4.80. The zero-order valence-corrected chi connectivity index (χ0v) is 18.1. The van der Waals surface area contributed by atoms with E-state index in [0.29, 0.717) is 26.7 Å². The zero-order valence-electron chi connectivity index (χ0n) is 16.5. The van der Waals surface area contributed by atoms with Crippen LogP contribution in [0.4, 0.5) is 19.0 Å². The highest BCUT2D eigenvalue weighted by molar-refractivity contribution is 6.42. The SMILES string of the molecule is O=C(Nc1n[nH]c2cc(OCc3ccc(Cl)c(Cl)c3)ccc12)c1ccc(OC(F)(F)F)cc1. The first-order valence-electron chi connectivity index (χ1n) is 9.40. The normalized spacial score (nSPS) is 11.4. The monoisotopic (exact) mass is 495 g/mol. The molecule has 3 aromatic carbocycles. The van der Waals surface area contributed by atoms with E-state index in [4.69, 9.17) is 27.9 Å². The number of carbonyl (C=O) groups is 1. The molecule has 0 radical (unpaired) electrons. The summed E-state index contributed by atoms with van der Waals surface area (Å²) in [6.45, 7) is 0.272. The molecule has 170 valence electrons. The number of rotatable bonds is 6. The first kappa shape index (κ1) is 22.8. The molecule has 6 nitrogen and oxygen atoms in total. The molecule has 0 aliphatic heterocycles. The number of carbonyl (C=O) groups excluding carboxylic acids is 1. The molecule has 0 fully saturated rings. The summed E-state index contributed by atoms with van der Waals surface area (Å²) in [5, 5.41) is 11.0. The summed E-state index contributed by atoms with van der Waals surface area (Å²) in [6, 6.07) is 14.9. The number of amides is 1. The second-order valence-electron chi connectivity index (χ2n) is 6.84. The lowest BCUT2D eigenvalue weighted by molar-refractivity contribution is -0.274. The van der Waals surface area contributed by atoms with Crippen LogP contribution in [0.1, 0.15) is 15.9 Å². The van der Waals surface area contributed by atoms with Gasteiger partial charge in [0.05, 0.1) is 15.6 Å². The van der Waals surface area contributed by atoms with Gasteiger partial charge in [0, 0.05) is 17.0 Å². The minimum Gasteiger partial charge on any atom is -0.489 e. The predicted octanol–water partition coefficient (Wildman–Crippen LogP) is 6.60. The minimum absolute atomic E-state index is 0.141. The maximum absolute atomic E-state index is 12.5. The van der Waals surface area contributed by atoms with Crippen molar-refractivity contribution in [2.24, 2.45) is 0 Å². The third-order valence-electron chi connectivity index (χ3n) is 4.51. The van der Waals surface area contributed by atoms with Crippen LogP contribution in [-0.4, -0.2) is 22.5 Å². The van der Waals surface area contributed by atoms with Crippen LogP contribution in [-0.2, 0) is 6.61 Å². The second-order valence-corrected chi connectivity index (χ2v) is 7.66. The van der Waals surface area contributed by atoms with Gasteiger partial charge in [-0.1, -0.05) is 29.3 Å². The summed E-state index contributed by atoms with van der Waals surface area (Å²) in [7, 11) is 0. The molecule has 0 saturated carbocycles. The van der Waals surface area contributed by atoms with E-state index in [-0.39, 0.29) is 18.0 Å². The van der Waals surface area contributed by atoms with Crippen LogP contribution >= 0.6 is 23.2 Å². The van der Waals surface area contributed by atoms with Crippen molar-refractivity contribution in [3.05, 3.63) is 81.8 Å². The Morgan fingerprint density at radius 3 is 2.39 bits per heavy atom. The zero-order chi connectivity index (χ0) is 23.6. The molecule has 0 saturated heterocycles. The average Bonchev–Trinajstić information content (AvgIpc) is 3.16. The molecule has 0 atom stereocenters. The number of fused-ring (bicyclic) bond motifs is 1. The molecule has 0 unspecified atom stereocenters. The van der Waals surface area contributed by atoms with Gasteiger partial charge in [0.1, 0.15) is 18.1 Å². The third-order valence-corrected chi connectivity index (χ3v) is 5.24. The molecule has 0 bridgehead atoms. The van der Waals surface area contributed by atoms with Gasteiger partial charge in [-0.15, -0.1) is 13.2 Å². The van der Waals surface area contributed by atoms with E-state index in [0.717, 1.165) is 17.7 Å². The molecule has 1 amide bonds. The number of benzene rings is 3. The van der Waals surface area contributed by atoms with Crippen LogP contribution in [0, 0.1) is 0 Å². The van der Waals surface area contributed by atoms with Gasteiger partial charge < -0.3 is 14.8 Å². The van der Waals surface area contributed by atoms with Crippen molar-refractivity contribution in [3.63, 3.8) is 0 Å². The quantitative estimate of drug-likeness (QED) is 0.316. The molecule has 4 rings (SSSR count). The van der Waals surface area contributed by atoms with Crippen molar-refractivity contribution >= 4 is 45.8 Å². The number of hydrogen-bond acceptors (Lipinski definition) is 4. The molecule has 11 heteroatoms. The fraction of sp³-hybridized carbons (Fsp3) is 0.0909. The lowest BCUT2D eigenvalue weighted by Gasteiger charge is -2.09. The molecular weight excluding hydrogens is 482 g/mol. The third kappa shape index (κ3) is 5.68. The second kappa shape index (κ2) is 9.21. The molecule has 2 N–H and O–H groups in total.